The Morgan fingerprint density at radius 2 is 1.70 bits per heavy atom. The number of hydrogen-bond acceptors (Lipinski definition) is 15. The van der Waals surface area contributed by atoms with Gasteiger partial charge in [0.1, 0.15) is 53.9 Å². The van der Waals surface area contributed by atoms with Crippen molar-refractivity contribution in [2.75, 3.05) is 72.8 Å². The maximum Gasteiger partial charge on any atom is 0.345 e. The van der Waals surface area contributed by atoms with Gasteiger partial charge in [0.2, 0.25) is 12.0 Å². The van der Waals surface area contributed by atoms with Crippen LogP contribution in [0, 0.1) is 13.8 Å². The first kappa shape index (κ1) is 48.2. The summed E-state index contributed by atoms with van der Waals surface area (Å²) in [6.45, 7) is 10.8. The fourth-order valence-corrected chi connectivity index (χ4v) is 11.9. The molecule has 0 spiro atoms. The summed E-state index contributed by atoms with van der Waals surface area (Å²) in [7, 11) is 2.13. The van der Waals surface area contributed by atoms with Crippen LogP contribution in [-0.4, -0.2) is 138 Å². The first-order chi connectivity index (χ1) is 33.6. The molecule has 69 heavy (non-hydrogen) atoms. The highest BCUT2D eigenvalue weighted by Crippen LogP contribution is 2.54. The Balaban J connectivity index is 0.960. The molecule has 0 radical (unpaired) electrons. The molecule has 1 unspecified atom stereocenters. The molecule has 5 aromatic rings. The van der Waals surface area contributed by atoms with Crippen LogP contribution in [0.15, 0.2) is 36.8 Å². The first-order valence-corrected chi connectivity index (χ1v) is 25.9. The molecule has 2 saturated heterocycles. The van der Waals surface area contributed by atoms with E-state index in [1.54, 1.807) is 17.5 Å². The summed E-state index contributed by atoms with van der Waals surface area (Å²) in [4.78, 5) is 38.9. The maximum atomic E-state index is 13.4. The Morgan fingerprint density at radius 1 is 0.899 bits per heavy atom. The molecule has 1 N–H and O–H groups in total. The number of piperazine rings is 1. The third kappa shape index (κ3) is 10.8. The zero-order valence-electron chi connectivity index (χ0n) is 39.4. The minimum Gasteiger partial charge on any atom is -0.490 e. The standard InChI is InChI=1S/C51H60Cl2N6O9S/c1-29-41-30(2)45(53)46(44(29)52)67-37(23-59-17-15-58(3)16-18-59)26-65-36-11-12-39(66-24-34-13-14-54-48(57-34)32-7-9-35(10-8-32)64-27-38-25-62-19-20-63-38)33(21-36)22-40(51(60)61)68-49-43-42(41)47(31-5-4-6-31)69-50(43)56-28-55-49/h11-14,21,28,31-32,35,37-38,40H,4-10,15-20,22-27H2,1-3H3,(H,60,61)/t32-,35-,37-,38?,40-/m1/s1. The van der Waals surface area contributed by atoms with E-state index in [2.05, 4.69) is 26.8 Å². The Hall–Kier alpha value is -4.39. The minimum absolute atomic E-state index is 0.0112. The molecule has 2 aliphatic carbocycles. The third-order valence-electron chi connectivity index (χ3n) is 14.3. The summed E-state index contributed by atoms with van der Waals surface area (Å²) < 4.78 is 44.0. The second-order valence-corrected chi connectivity index (χ2v) is 20.8. The largest absolute Gasteiger partial charge is 0.490 e. The average molecular weight is 1000 g/mol. The van der Waals surface area contributed by atoms with E-state index < -0.39 is 18.2 Å². The molecular weight excluding hydrogens is 944 g/mol. The molecule has 0 amide bonds. The number of carbonyl (C=O) groups is 1. The molecule has 2 saturated carbocycles. The third-order valence-corrected chi connectivity index (χ3v) is 16.5. The topological polar surface area (TPSA) is 160 Å². The summed E-state index contributed by atoms with van der Waals surface area (Å²) in [5.74, 6) is 1.68. The van der Waals surface area contributed by atoms with Crippen molar-refractivity contribution in [2.24, 2.45) is 0 Å². The van der Waals surface area contributed by atoms with Crippen molar-refractivity contribution >= 4 is 50.7 Å². The van der Waals surface area contributed by atoms with Crippen LogP contribution in [0.5, 0.6) is 23.1 Å². The van der Waals surface area contributed by atoms with Crippen LogP contribution >= 0.6 is 34.5 Å². The molecule has 368 valence electrons. The number of thiophene rings is 1. The molecule has 7 heterocycles. The minimum atomic E-state index is -1.37. The van der Waals surface area contributed by atoms with Gasteiger partial charge in [-0.1, -0.05) is 29.6 Å². The van der Waals surface area contributed by atoms with Crippen LogP contribution in [0.3, 0.4) is 0 Å². The number of rotatable bonds is 11. The second kappa shape index (κ2) is 21.5. The van der Waals surface area contributed by atoms with Gasteiger partial charge in [-0.05, 0) is 106 Å². The fourth-order valence-electron chi connectivity index (χ4n) is 10.1. The molecule has 2 aromatic carbocycles. The zero-order valence-corrected chi connectivity index (χ0v) is 41.8. The molecule has 4 fully saturated rings. The van der Waals surface area contributed by atoms with Crippen molar-refractivity contribution in [3.8, 4) is 34.3 Å². The van der Waals surface area contributed by atoms with Crippen LogP contribution in [0.2, 0.25) is 10.0 Å². The molecule has 4 aliphatic heterocycles. The van der Waals surface area contributed by atoms with Gasteiger partial charge in [-0.25, -0.2) is 24.7 Å². The number of likely N-dealkylation sites (N-methyl/N-ethyl adjacent to an activating group) is 1. The van der Waals surface area contributed by atoms with E-state index in [4.69, 9.17) is 66.3 Å². The normalized spacial score (nSPS) is 23.9. The number of carboxylic acid groups (broad SMARTS) is 1. The van der Waals surface area contributed by atoms with E-state index in [-0.39, 0.29) is 43.6 Å². The zero-order chi connectivity index (χ0) is 47.6. The summed E-state index contributed by atoms with van der Waals surface area (Å²) in [5.41, 5.74) is 4.60. The van der Waals surface area contributed by atoms with Gasteiger partial charge in [0.25, 0.3) is 0 Å². The number of halogens is 2. The van der Waals surface area contributed by atoms with Gasteiger partial charge >= 0.3 is 5.97 Å². The predicted molar refractivity (Wildman–Crippen MR) is 263 cm³/mol. The van der Waals surface area contributed by atoms with Crippen LogP contribution in [0.4, 0.5) is 0 Å². The number of fused-ring (bicyclic) bond motifs is 7. The monoisotopic (exact) mass is 1000 g/mol. The highest BCUT2D eigenvalue weighted by Gasteiger charge is 2.35. The lowest BCUT2D eigenvalue weighted by Gasteiger charge is -2.35. The van der Waals surface area contributed by atoms with Crippen molar-refractivity contribution in [1.29, 1.82) is 0 Å². The number of ether oxygens (including phenoxy) is 7. The van der Waals surface area contributed by atoms with Crippen molar-refractivity contribution < 1.29 is 43.1 Å². The van der Waals surface area contributed by atoms with Gasteiger partial charge in [0.15, 0.2) is 5.75 Å². The number of aromatic nitrogens is 4. The summed E-state index contributed by atoms with van der Waals surface area (Å²) in [6.07, 6.45) is 8.30. The number of benzene rings is 2. The Kier molecular flexibility index (Phi) is 15.1. The summed E-state index contributed by atoms with van der Waals surface area (Å²) in [5, 5.41) is 12.4. The van der Waals surface area contributed by atoms with Crippen LogP contribution in [-0.2, 0) is 32.0 Å². The molecule has 11 rings (SSSR count). The Morgan fingerprint density at radius 3 is 2.42 bits per heavy atom. The SMILES string of the molecule is Cc1c(Cl)c2c(Cl)c(C)c1-c1c(C3CCC3)sc3ncnc(c13)O[C@@H](C(=O)O)Cc1cc(ccc1OCc1ccnc([C@H]3CC[C@H](OCC4COCCO4)CC3)n1)OC[C@@H](CN1CCN(C)CC1)O2. The van der Waals surface area contributed by atoms with Gasteiger partial charge in [-0.15, -0.1) is 11.3 Å². The number of carboxylic acids is 1. The van der Waals surface area contributed by atoms with Crippen molar-refractivity contribution in [3.05, 3.63) is 79.9 Å². The molecule has 3 aromatic heterocycles. The predicted octanol–water partition coefficient (Wildman–Crippen LogP) is 8.84. The molecular formula is C51H60Cl2N6O9S. The lowest BCUT2D eigenvalue weighted by atomic mass is 9.80. The summed E-state index contributed by atoms with van der Waals surface area (Å²) >= 11 is 16.3. The fraction of sp³-hybridized carbons (Fsp3) is 0.549. The van der Waals surface area contributed by atoms with E-state index in [0.717, 1.165) is 104 Å². The second-order valence-electron chi connectivity index (χ2n) is 19.1. The average Bonchev–Trinajstić information content (AvgIpc) is 3.71. The van der Waals surface area contributed by atoms with Crippen molar-refractivity contribution in [2.45, 2.75) is 108 Å². The van der Waals surface area contributed by atoms with Gasteiger partial charge in [0, 0.05) is 67.3 Å². The smallest absolute Gasteiger partial charge is 0.345 e. The van der Waals surface area contributed by atoms with Gasteiger partial charge in [0.05, 0.1) is 53.7 Å². The Labute approximate surface area is 416 Å². The van der Waals surface area contributed by atoms with Crippen LogP contribution in [0.25, 0.3) is 21.3 Å². The molecule has 6 aliphatic rings. The van der Waals surface area contributed by atoms with Crippen molar-refractivity contribution in [1.82, 2.24) is 29.7 Å². The lowest BCUT2D eigenvalue weighted by molar-refractivity contribution is -0.145. The number of nitrogens with zero attached hydrogens (tertiary/aromatic N) is 6. The van der Waals surface area contributed by atoms with Crippen LogP contribution < -0.4 is 18.9 Å². The quantitative estimate of drug-likeness (QED) is 0.134. The summed E-state index contributed by atoms with van der Waals surface area (Å²) in [6, 6.07) is 7.31. The molecule has 15 nitrogen and oxygen atoms in total. The van der Waals surface area contributed by atoms with Gasteiger partial charge in [-0.2, -0.15) is 0 Å². The Bertz CT molecular complexity index is 2600. The highest BCUT2D eigenvalue weighted by atomic mass is 35.5. The van der Waals surface area contributed by atoms with Gasteiger partial charge < -0.3 is 43.2 Å². The van der Waals surface area contributed by atoms with Crippen molar-refractivity contribution in [3.63, 3.8) is 0 Å². The first-order valence-electron chi connectivity index (χ1n) is 24.3. The van der Waals surface area contributed by atoms with E-state index in [9.17, 15) is 9.90 Å². The number of aliphatic carboxylic acids is 1. The molecule has 18 heteroatoms. The number of hydrogen-bond donors (Lipinski definition) is 1. The van der Waals surface area contributed by atoms with E-state index in [1.165, 1.54) is 6.33 Å². The lowest BCUT2D eigenvalue weighted by Crippen LogP contribution is -2.49. The van der Waals surface area contributed by atoms with E-state index in [1.807, 2.05) is 38.1 Å². The molecule has 4 bridgehead atoms. The van der Waals surface area contributed by atoms with E-state index >= 15 is 0 Å². The maximum absolute atomic E-state index is 13.4. The van der Waals surface area contributed by atoms with E-state index in [0.29, 0.717) is 87.7 Å². The van der Waals surface area contributed by atoms with Crippen LogP contribution in [0.1, 0.15) is 89.9 Å². The van der Waals surface area contributed by atoms with Gasteiger partial charge in [-0.3, -0.25) is 4.90 Å². The highest BCUT2D eigenvalue weighted by molar-refractivity contribution is 7.19. The molecule has 3 atom stereocenters.